The minimum absolute atomic E-state index is 0.0151. The number of hydrogen-bond donors (Lipinski definition) is 0. The lowest BCUT2D eigenvalue weighted by atomic mass is 9.93. The van der Waals surface area contributed by atoms with Crippen LogP contribution in [0.4, 0.5) is 18.9 Å². The third-order valence-electron chi connectivity index (χ3n) is 6.18. The molecule has 0 aliphatic carbocycles. The number of halogens is 3. The van der Waals surface area contributed by atoms with Crippen LogP contribution in [0.15, 0.2) is 36.4 Å². The maximum atomic E-state index is 13.6. The monoisotopic (exact) mass is 446 g/mol. The molecule has 4 rings (SSSR count). The summed E-state index contributed by atoms with van der Waals surface area (Å²) in [5.41, 5.74) is 0.552. The highest BCUT2D eigenvalue weighted by Gasteiger charge is 2.40. The zero-order chi connectivity index (χ0) is 23.0. The van der Waals surface area contributed by atoms with Gasteiger partial charge in [-0.2, -0.15) is 13.2 Å². The van der Waals surface area contributed by atoms with Crippen molar-refractivity contribution in [2.45, 2.75) is 32.0 Å². The van der Waals surface area contributed by atoms with Gasteiger partial charge in [0.1, 0.15) is 11.7 Å². The van der Waals surface area contributed by atoms with E-state index >= 15 is 0 Å². The summed E-state index contributed by atoms with van der Waals surface area (Å²) in [7, 11) is 1.99. The van der Waals surface area contributed by atoms with E-state index in [2.05, 4.69) is 9.88 Å². The molecular formula is C23H25F3N4O2. The molecule has 0 spiro atoms. The average molecular weight is 446 g/mol. The number of para-hydroxylation sites is 1. The second-order valence-electron chi connectivity index (χ2n) is 8.31. The summed E-state index contributed by atoms with van der Waals surface area (Å²) in [6.07, 6.45) is -3.49. The topological polar surface area (TPSA) is 56.8 Å². The Morgan fingerprint density at radius 3 is 2.38 bits per heavy atom. The van der Waals surface area contributed by atoms with E-state index in [4.69, 9.17) is 0 Å². The van der Waals surface area contributed by atoms with Gasteiger partial charge in [-0.05, 0) is 50.6 Å². The average Bonchev–Trinajstić information content (AvgIpc) is 2.77. The van der Waals surface area contributed by atoms with Crippen LogP contribution in [0.25, 0.3) is 0 Å². The summed E-state index contributed by atoms with van der Waals surface area (Å²) in [6.45, 7) is 4.05. The molecule has 1 fully saturated rings. The number of carbonyl (C=O) groups excluding carboxylic acids is 2. The number of nitrogens with zero attached hydrogens (tertiary/aromatic N) is 4. The number of pyridine rings is 1. The summed E-state index contributed by atoms with van der Waals surface area (Å²) < 4.78 is 39.1. The molecule has 1 saturated heterocycles. The zero-order valence-corrected chi connectivity index (χ0v) is 18.0. The van der Waals surface area contributed by atoms with Gasteiger partial charge in [0.25, 0.3) is 5.91 Å². The lowest BCUT2D eigenvalue weighted by molar-refractivity contribution is -0.141. The van der Waals surface area contributed by atoms with Crippen LogP contribution in [-0.4, -0.2) is 65.9 Å². The molecule has 0 radical (unpaired) electrons. The standard InChI is InChI=1S/C23H25F3N4O2/c1-15-17(8-10-20(27-15)23(24,25)26)21(31)30-18-6-4-3-5-16(18)7-9-19(30)22(32)29-13-11-28(2)12-14-29/h3-6,8,10,19H,7,9,11-14H2,1-2H3. The number of fused-ring (bicyclic) bond motifs is 1. The van der Waals surface area contributed by atoms with Gasteiger partial charge in [-0.15, -0.1) is 0 Å². The largest absolute Gasteiger partial charge is 0.433 e. The predicted octanol–water partition coefficient (Wildman–Crippen LogP) is 3.14. The van der Waals surface area contributed by atoms with E-state index in [-0.39, 0.29) is 17.2 Å². The molecule has 2 aliphatic heterocycles. The van der Waals surface area contributed by atoms with Crippen LogP contribution in [0.5, 0.6) is 0 Å². The van der Waals surface area contributed by atoms with Gasteiger partial charge in [-0.25, -0.2) is 4.98 Å². The maximum absolute atomic E-state index is 13.6. The fourth-order valence-corrected chi connectivity index (χ4v) is 4.34. The van der Waals surface area contributed by atoms with Crippen LogP contribution < -0.4 is 4.90 Å². The zero-order valence-electron chi connectivity index (χ0n) is 18.0. The van der Waals surface area contributed by atoms with Gasteiger partial charge < -0.3 is 9.80 Å². The minimum Gasteiger partial charge on any atom is -0.338 e. The Kier molecular flexibility index (Phi) is 5.94. The van der Waals surface area contributed by atoms with Crippen molar-refractivity contribution in [1.82, 2.24) is 14.8 Å². The number of amides is 2. The number of likely N-dealkylation sites (N-methyl/N-ethyl adjacent to an activating group) is 1. The summed E-state index contributed by atoms with van der Waals surface area (Å²) in [6, 6.07) is 8.61. The summed E-state index contributed by atoms with van der Waals surface area (Å²) in [5.74, 6) is -0.637. The first-order valence-corrected chi connectivity index (χ1v) is 10.6. The number of aryl methyl sites for hydroxylation is 2. The molecule has 32 heavy (non-hydrogen) atoms. The van der Waals surface area contributed by atoms with Crippen molar-refractivity contribution in [2.75, 3.05) is 38.1 Å². The van der Waals surface area contributed by atoms with Crippen LogP contribution in [0.1, 0.15) is 33.7 Å². The second-order valence-corrected chi connectivity index (χ2v) is 8.31. The first kappa shape index (κ1) is 22.3. The molecular weight excluding hydrogens is 421 g/mol. The van der Waals surface area contributed by atoms with E-state index in [1.54, 1.807) is 17.0 Å². The van der Waals surface area contributed by atoms with Crippen molar-refractivity contribution in [3.8, 4) is 0 Å². The van der Waals surface area contributed by atoms with Gasteiger partial charge in [0.15, 0.2) is 0 Å². The van der Waals surface area contributed by atoms with Gasteiger partial charge in [0.05, 0.1) is 11.3 Å². The minimum atomic E-state index is -4.59. The van der Waals surface area contributed by atoms with Crippen molar-refractivity contribution >= 4 is 17.5 Å². The van der Waals surface area contributed by atoms with Crippen molar-refractivity contribution in [3.05, 3.63) is 58.9 Å². The second kappa shape index (κ2) is 8.54. The summed E-state index contributed by atoms with van der Waals surface area (Å²) >= 11 is 0. The highest BCUT2D eigenvalue weighted by molar-refractivity contribution is 6.11. The van der Waals surface area contributed by atoms with E-state index in [1.807, 2.05) is 19.2 Å². The smallest absolute Gasteiger partial charge is 0.338 e. The highest BCUT2D eigenvalue weighted by atomic mass is 19.4. The van der Waals surface area contributed by atoms with Gasteiger partial charge in [0.2, 0.25) is 5.91 Å². The molecule has 2 aliphatic rings. The van der Waals surface area contributed by atoms with Crippen molar-refractivity contribution < 1.29 is 22.8 Å². The normalized spacial score (nSPS) is 19.6. The molecule has 1 atom stereocenters. The molecule has 0 N–H and O–H groups in total. The molecule has 1 aromatic heterocycles. The van der Waals surface area contributed by atoms with E-state index in [1.165, 1.54) is 11.8 Å². The molecule has 9 heteroatoms. The summed E-state index contributed by atoms with van der Waals surface area (Å²) in [5, 5.41) is 0. The van der Waals surface area contributed by atoms with Gasteiger partial charge in [-0.1, -0.05) is 18.2 Å². The number of alkyl halides is 3. The lowest BCUT2D eigenvalue weighted by Gasteiger charge is -2.41. The van der Waals surface area contributed by atoms with Crippen LogP contribution in [0, 0.1) is 6.92 Å². The molecule has 6 nitrogen and oxygen atoms in total. The third-order valence-corrected chi connectivity index (χ3v) is 6.18. The van der Waals surface area contributed by atoms with E-state index in [0.29, 0.717) is 31.6 Å². The fourth-order valence-electron chi connectivity index (χ4n) is 4.34. The molecule has 3 heterocycles. The molecule has 0 bridgehead atoms. The van der Waals surface area contributed by atoms with Crippen molar-refractivity contribution in [1.29, 1.82) is 0 Å². The Labute approximate surface area is 184 Å². The number of anilines is 1. The van der Waals surface area contributed by atoms with E-state index < -0.39 is 23.8 Å². The van der Waals surface area contributed by atoms with Crippen LogP contribution in [-0.2, 0) is 17.4 Å². The molecule has 2 aromatic rings. The molecule has 2 amide bonds. The molecule has 0 saturated carbocycles. The van der Waals surface area contributed by atoms with Gasteiger partial charge >= 0.3 is 6.18 Å². The van der Waals surface area contributed by atoms with Crippen molar-refractivity contribution in [2.24, 2.45) is 0 Å². The third kappa shape index (κ3) is 4.21. The Morgan fingerprint density at radius 2 is 1.72 bits per heavy atom. The number of benzene rings is 1. The van der Waals surface area contributed by atoms with E-state index in [0.717, 1.165) is 30.8 Å². The molecule has 1 unspecified atom stereocenters. The first-order chi connectivity index (χ1) is 15.2. The summed E-state index contributed by atoms with van der Waals surface area (Å²) in [4.78, 5) is 36.0. The molecule has 170 valence electrons. The van der Waals surface area contributed by atoms with Gasteiger partial charge in [0, 0.05) is 31.9 Å². The van der Waals surface area contributed by atoms with Crippen LogP contribution in [0.3, 0.4) is 0 Å². The Balaban J connectivity index is 1.70. The van der Waals surface area contributed by atoms with Gasteiger partial charge in [-0.3, -0.25) is 14.5 Å². The highest BCUT2D eigenvalue weighted by Crippen LogP contribution is 2.34. The predicted molar refractivity (Wildman–Crippen MR) is 113 cm³/mol. The molecule has 1 aromatic carbocycles. The first-order valence-electron chi connectivity index (χ1n) is 10.6. The number of aromatic nitrogens is 1. The number of hydrogen-bond acceptors (Lipinski definition) is 4. The fraction of sp³-hybridized carbons (Fsp3) is 0.435. The Hall–Kier alpha value is -2.94. The Morgan fingerprint density at radius 1 is 1.03 bits per heavy atom. The Bertz CT molecular complexity index is 1030. The maximum Gasteiger partial charge on any atom is 0.433 e. The number of rotatable bonds is 2. The van der Waals surface area contributed by atoms with E-state index in [9.17, 15) is 22.8 Å². The quantitative estimate of drug-likeness (QED) is 0.711. The SMILES string of the molecule is Cc1nc(C(F)(F)F)ccc1C(=O)N1c2ccccc2CCC1C(=O)N1CCN(C)CC1. The van der Waals surface area contributed by atoms with Crippen LogP contribution in [0.2, 0.25) is 0 Å². The number of piperazine rings is 1. The number of carbonyl (C=O) groups is 2. The van der Waals surface area contributed by atoms with Crippen molar-refractivity contribution in [3.63, 3.8) is 0 Å². The van der Waals surface area contributed by atoms with Crippen LogP contribution >= 0.6 is 0 Å². The lowest BCUT2D eigenvalue weighted by Crippen LogP contribution is -2.57.